The Labute approximate surface area is 143 Å². The average Bonchev–Trinajstić information content (AvgIpc) is 2.95. The van der Waals surface area contributed by atoms with Crippen LogP contribution in [0.25, 0.3) is 0 Å². The summed E-state index contributed by atoms with van der Waals surface area (Å²) in [6.45, 7) is 2.36. The van der Waals surface area contributed by atoms with Gasteiger partial charge in [0.25, 0.3) is 16.0 Å². The minimum Gasteiger partial charge on any atom is -0.246 e. The van der Waals surface area contributed by atoms with Gasteiger partial charge in [0.2, 0.25) is 0 Å². The molecule has 0 fully saturated rings. The first-order valence-corrected chi connectivity index (χ1v) is 8.75. The van der Waals surface area contributed by atoms with Gasteiger partial charge in [-0.1, -0.05) is 24.3 Å². The number of sulfonamides is 1. The number of hydrogen-bond acceptors (Lipinski definition) is 4. The standard InChI is InChI=1S/C16H14F2N4O2S/c1-11-4-2-3-5-12(11)9-22-10-19-16(20-22)21-25(23,24)15-7-6-13(17)8-14(15)18/h2-8,10H,9H2,1H3,(H,20,21). The number of anilines is 1. The topological polar surface area (TPSA) is 76.9 Å². The van der Waals surface area contributed by atoms with Gasteiger partial charge in [0.15, 0.2) is 0 Å². The molecule has 3 rings (SSSR count). The Kier molecular flexibility index (Phi) is 4.49. The summed E-state index contributed by atoms with van der Waals surface area (Å²) in [6.07, 6.45) is 1.37. The van der Waals surface area contributed by atoms with E-state index in [1.54, 1.807) is 0 Å². The Bertz CT molecular complexity index is 1020. The number of nitrogens with one attached hydrogen (secondary N) is 1. The van der Waals surface area contributed by atoms with Crippen molar-refractivity contribution in [3.63, 3.8) is 0 Å². The lowest BCUT2D eigenvalue weighted by Gasteiger charge is -2.06. The van der Waals surface area contributed by atoms with E-state index in [1.807, 2.05) is 31.2 Å². The molecule has 9 heteroatoms. The van der Waals surface area contributed by atoms with E-state index in [9.17, 15) is 17.2 Å². The van der Waals surface area contributed by atoms with Crippen molar-refractivity contribution >= 4 is 16.0 Å². The zero-order chi connectivity index (χ0) is 18.0. The van der Waals surface area contributed by atoms with E-state index in [0.29, 0.717) is 12.6 Å². The van der Waals surface area contributed by atoms with Gasteiger partial charge >= 0.3 is 0 Å². The van der Waals surface area contributed by atoms with Crippen molar-refractivity contribution in [2.75, 3.05) is 4.72 Å². The Morgan fingerprint density at radius 1 is 1.16 bits per heavy atom. The molecule has 1 N–H and O–H groups in total. The molecule has 0 radical (unpaired) electrons. The number of hydrogen-bond donors (Lipinski definition) is 1. The number of aromatic nitrogens is 3. The molecular weight excluding hydrogens is 350 g/mol. The molecule has 25 heavy (non-hydrogen) atoms. The molecule has 0 saturated carbocycles. The molecule has 0 unspecified atom stereocenters. The van der Waals surface area contributed by atoms with Crippen molar-refractivity contribution in [1.29, 1.82) is 0 Å². The maximum Gasteiger partial charge on any atom is 0.267 e. The van der Waals surface area contributed by atoms with Gasteiger partial charge in [-0.25, -0.2) is 26.6 Å². The molecule has 2 aromatic carbocycles. The van der Waals surface area contributed by atoms with Crippen molar-refractivity contribution in [1.82, 2.24) is 14.8 Å². The number of rotatable bonds is 5. The van der Waals surface area contributed by atoms with Gasteiger partial charge in [-0.3, -0.25) is 0 Å². The SMILES string of the molecule is Cc1ccccc1Cn1cnc(NS(=O)(=O)c2ccc(F)cc2F)n1. The van der Waals surface area contributed by atoms with E-state index in [1.165, 1.54) is 11.0 Å². The zero-order valence-corrected chi connectivity index (χ0v) is 14.0. The summed E-state index contributed by atoms with van der Waals surface area (Å²) < 4.78 is 54.5. The van der Waals surface area contributed by atoms with E-state index in [0.717, 1.165) is 23.3 Å². The zero-order valence-electron chi connectivity index (χ0n) is 13.1. The maximum absolute atomic E-state index is 13.7. The molecule has 0 aliphatic carbocycles. The van der Waals surface area contributed by atoms with E-state index in [-0.39, 0.29) is 5.95 Å². The predicted molar refractivity (Wildman–Crippen MR) is 87.5 cm³/mol. The van der Waals surface area contributed by atoms with Crippen LogP contribution in [-0.2, 0) is 16.6 Å². The van der Waals surface area contributed by atoms with Crippen LogP contribution in [0.1, 0.15) is 11.1 Å². The van der Waals surface area contributed by atoms with E-state index in [2.05, 4.69) is 14.8 Å². The van der Waals surface area contributed by atoms with Crippen LogP contribution in [0.15, 0.2) is 53.7 Å². The summed E-state index contributed by atoms with van der Waals surface area (Å²) in [6, 6.07) is 9.89. The van der Waals surface area contributed by atoms with Gasteiger partial charge in [-0.15, -0.1) is 5.10 Å². The van der Waals surface area contributed by atoms with E-state index in [4.69, 9.17) is 0 Å². The van der Waals surface area contributed by atoms with Crippen LogP contribution in [0.4, 0.5) is 14.7 Å². The molecular formula is C16H14F2N4O2S. The molecule has 0 spiro atoms. The Balaban J connectivity index is 1.80. The van der Waals surface area contributed by atoms with Crippen molar-refractivity contribution in [2.45, 2.75) is 18.4 Å². The molecule has 6 nitrogen and oxygen atoms in total. The Hall–Kier alpha value is -2.81. The minimum absolute atomic E-state index is 0.197. The molecule has 0 aliphatic heterocycles. The van der Waals surface area contributed by atoms with Crippen LogP contribution >= 0.6 is 0 Å². The number of benzene rings is 2. The van der Waals surface area contributed by atoms with Crippen LogP contribution in [0.2, 0.25) is 0 Å². The molecule has 1 heterocycles. The van der Waals surface area contributed by atoms with Crippen LogP contribution in [0, 0.1) is 18.6 Å². The summed E-state index contributed by atoms with van der Waals surface area (Å²) in [5.74, 6) is -2.25. The predicted octanol–water partition coefficient (Wildman–Crippen LogP) is 2.71. The highest BCUT2D eigenvalue weighted by Gasteiger charge is 2.21. The van der Waals surface area contributed by atoms with Crippen LogP contribution < -0.4 is 4.72 Å². The average molecular weight is 364 g/mol. The third kappa shape index (κ3) is 3.82. The third-order valence-electron chi connectivity index (χ3n) is 3.54. The molecule has 3 aromatic rings. The molecule has 0 aliphatic rings. The minimum atomic E-state index is -4.26. The normalized spacial score (nSPS) is 11.5. The van der Waals surface area contributed by atoms with Gasteiger partial charge in [0, 0.05) is 6.07 Å². The van der Waals surface area contributed by atoms with E-state index >= 15 is 0 Å². The summed E-state index contributed by atoms with van der Waals surface area (Å²) in [4.78, 5) is 3.19. The second-order valence-electron chi connectivity index (χ2n) is 5.37. The van der Waals surface area contributed by atoms with Crippen molar-refractivity contribution < 1.29 is 17.2 Å². The van der Waals surface area contributed by atoms with Crippen molar-refractivity contribution in [3.05, 3.63) is 71.6 Å². The van der Waals surface area contributed by atoms with Crippen LogP contribution in [0.5, 0.6) is 0 Å². The largest absolute Gasteiger partial charge is 0.267 e. The Morgan fingerprint density at radius 3 is 2.64 bits per heavy atom. The first kappa shape index (κ1) is 17.0. The maximum atomic E-state index is 13.7. The lowest BCUT2D eigenvalue weighted by Crippen LogP contribution is -2.16. The lowest BCUT2D eigenvalue weighted by molar-refractivity contribution is 0.551. The fourth-order valence-electron chi connectivity index (χ4n) is 2.25. The number of halogens is 2. The van der Waals surface area contributed by atoms with Gasteiger partial charge < -0.3 is 0 Å². The Morgan fingerprint density at radius 2 is 1.92 bits per heavy atom. The van der Waals surface area contributed by atoms with Crippen LogP contribution in [-0.4, -0.2) is 23.2 Å². The molecule has 130 valence electrons. The fourth-order valence-corrected chi connectivity index (χ4v) is 3.25. The molecule has 1 aromatic heterocycles. The second-order valence-corrected chi connectivity index (χ2v) is 7.02. The van der Waals surface area contributed by atoms with Gasteiger partial charge in [-0.2, -0.15) is 4.98 Å². The quantitative estimate of drug-likeness (QED) is 0.755. The van der Waals surface area contributed by atoms with Crippen molar-refractivity contribution in [3.8, 4) is 0 Å². The summed E-state index contributed by atoms with van der Waals surface area (Å²) >= 11 is 0. The van der Waals surface area contributed by atoms with Crippen LogP contribution in [0.3, 0.4) is 0 Å². The first-order valence-electron chi connectivity index (χ1n) is 7.27. The highest BCUT2D eigenvalue weighted by atomic mass is 32.2. The summed E-state index contributed by atoms with van der Waals surface area (Å²) in [5.41, 5.74) is 2.07. The fraction of sp³-hybridized carbons (Fsp3) is 0.125. The van der Waals surface area contributed by atoms with Gasteiger partial charge in [-0.05, 0) is 30.2 Å². The molecule has 0 amide bonds. The van der Waals surface area contributed by atoms with Crippen molar-refractivity contribution in [2.24, 2.45) is 0 Å². The van der Waals surface area contributed by atoms with Gasteiger partial charge in [0.1, 0.15) is 22.9 Å². The highest BCUT2D eigenvalue weighted by molar-refractivity contribution is 7.92. The smallest absolute Gasteiger partial charge is 0.246 e. The molecule has 0 bridgehead atoms. The number of aryl methyl sites for hydroxylation is 1. The number of nitrogens with zero attached hydrogens (tertiary/aromatic N) is 3. The van der Waals surface area contributed by atoms with Gasteiger partial charge in [0.05, 0.1) is 6.54 Å². The molecule has 0 atom stereocenters. The summed E-state index contributed by atoms with van der Waals surface area (Å²) in [7, 11) is -4.26. The lowest BCUT2D eigenvalue weighted by atomic mass is 10.1. The third-order valence-corrected chi connectivity index (χ3v) is 4.90. The summed E-state index contributed by atoms with van der Waals surface area (Å²) in [5, 5.41) is 4.02. The highest BCUT2D eigenvalue weighted by Crippen LogP contribution is 2.18. The van der Waals surface area contributed by atoms with E-state index < -0.39 is 26.6 Å². The molecule has 0 saturated heterocycles. The second kappa shape index (κ2) is 6.60. The first-order chi connectivity index (χ1) is 11.8. The monoisotopic (exact) mass is 364 g/mol.